The fraction of sp³-hybridized carbons (Fsp3) is 0.107. The van der Waals surface area contributed by atoms with Crippen molar-refractivity contribution in [3.05, 3.63) is 107 Å². The van der Waals surface area contributed by atoms with E-state index in [2.05, 4.69) is 22.4 Å². The Bertz CT molecular complexity index is 1360. The maximum absolute atomic E-state index is 12.6. The van der Waals surface area contributed by atoms with Crippen molar-refractivity contribution in [3.63, 3.8) is 0 Å². The molecule has 0 atom stereocenters. The number of pyridine rings is 1. The first-order valence-electron chi connectivity index (χ1n) is 10.6. The molecule has 3 aromatic carbocycles. The monoisotopic (exact) mass is 449 g/mol. The molecule has 33 heavy (non-hydrogen) atoms. The van der Waals surface area contributed by atoms with Gasteiger partial charge in [-0.25, -0.2) is 0 Å². The number of thioether (sulfide) groups is 1. The van der Waals surface area contributed by atoms with Gasteiger partial charge in [0.2, 0.25) is 0 Å². The third-order valence-electron chi connectivity index (χ3n) is 5.44. The van der Waals surface area contributed by atoms with Gasteiger partial charge >= 0.3 is 0 Å². The molecule has 0 spiro atoms. The maximum atomic E-state index is 12.6. The summed E-state index contributed by atoms with van der Waals surface area (Å²) in [5.41, 5.74) is 7.34. The standard InChI is InChI=1S/C28H23N3OS/c1-19-9-10-25(16-27(19)33-2)28(32)31-18-26-15-24(11-12-30-26)23-8-4-7-22(14-23)21-6-3-5-20(13-21)17-29/h3-16H,18H2,1-2H3,(H,31,32). The number of carbonyl (C=O) groups excluding carboxylic acids is 1. The molecule has 5 heteroatoms. The van der Waals surface area contributed by atoms with Gasteiger partial charge < -0.3 is 5.32 Å². The molecule has 0 saturated carbocycles. The fourth-order valence-electron chi connectivity index (χ4n) is 3.64. The first-order valence-corrected chi connectivity index (χ1v) is 11.8. The zero-order valence-corrected chi connectivity index (χ0v) is 19.3. The molecule has 1 amide bonds. The summed E-state index contributed by atoms with van der Waals surface area (Å²) in [6.45, 7) is 2.39. The van der Waals surface area contributed by atoms with Gasteiger partial charge in [-0.05, 0) is 83.5 Å². The molecule has 0 aliphatic carbocycles. The van der Waals surface area contributed by atoms with Crippen molar-refractivity contribution >= 4 is 17.7 Å². The van der Waals surface area contributed by atoms with Crippen molar-refractivity contribution in [3.8, 4) is 28.3 Å². The average Bonchev–Trinajstić information content (AvgIpc) is 2.88. The summed E-state index contributed by atoms with van der Waals surface area (Å²) < 4.78 is 0. The van der Waals surface area contributed by atoms with Crippen molar-refractivity contribution < 1.29 is 4.79 Å². The zero-order valence-electron chi connectivity index (χ0n) is 18.5. The van der Waals surface area contributed by atoms with Crippen molar-refractivity contribution in [1.29, 1.82) is 5.26 Å². The number of benzene rings is 3. The number of hydrogen-bond acceptors (Lipinski definition) is 4. The van der Waals surface area contributed by atoms with Gasteiger partial charge in [0.05, 0.1) is 23.9 Å². The van der Waals surface area contributed by atoms with Crippen LogP contribution in [0, 0.1) is 18.3 Å². The molecule has 0 aliphatic rings. The van der Waals surface area contributed by atoms with Gasteiger partial charge in [0.15, 0.2) is 0 Å². The first kappa shape index (κ1) is 22.3. The molecule has 4 nitrogen and oxygen atoms in total. The van der Waals surface area contributed by atoms with Gasteiger partial charge in [-0.1, -0.05) is 36.4 Å². The Balaban J connectivity index is 1.51. The van der Waals surface area contributed by atoms with Crippen LogP contribution in [0.4, 0.5) is 0 Å². The molecule has 1 heterocycles. The molecule has 0 aliphatic heterocycles. The van der Waals surface area contributed by atoms with E-state index in [4.69, 9.17) is 0 Å². The van der Waals surface area contributed by atoms with Crippen molar-refractivity contribution in [1.82, 2.24) is 10.3 Å². The van der Waals surface area contributed by atoms with Crippen LogP contribution in [0.5, 0.6) is 0 Å². The second-order valence-electron chi connectivity index (χ2n) is 7.68. The van der Waals surface area contributed by atoms with Gasteiger partial charge in [0.1, 0.15) is 0 Å². The summed E-state index contributed by atoms with van der Waals surface area (Å²) >= 11 is 1.63. The van der Waals surface area contributed by atoms with Gasteiger partial charge in [0.25, 0.3) is 5.91 Å². The molecular formula is C28H23N3OS. The van der Waals surface area contributed by atoms with E-state index in [0.29, 0.717) is 17.7 Å². The fourth-order valence-corrected chi connectivity index (χ4v) is 4.27. The van der Waals surface area contributed by atoms with Crippen LogP contribution in [0.15, 0.2) is 90.0 Å². The number of amides is 1. The Morgan fingerprint density at radius 2 is 1.64 bits per heavy atom. The summed E-state index contributed by atoms with van der Waals surface area (Å²) in [5, 5.41) is 12.2. The Labute approximate surface area is 198 Å². The Morgan fingerprint density at radius 1 is 0.939 bits per heavy atom. The number of hydrogen-bond donors (Lipinski definition) is 1. The minimum Gasteiger partial charge on any atom is -0.346 e. The van der Waals surface area contributed by atoms with Crippen LogP contribution < -0.4 is 5.32 Å². The highest BCUT2D eigenvalue weighted by Crippen LogP contribution is 2.27. The predicted octanol–water partition coefficient (Wildman–Crippen LogP) is 6.25. The highest BCUT2D eigenvalue weighted by Gasteiger charge is 2.09. The van der Waals surface area contributed by atoms with E-state index < -0.39 is 0 Å². The molecule has 4 aromatic rings. The van der Waals surface area contributed by atoms with Gasteiger partial charge in [-0.3, -0.25) is 9.78 Å². The van der Waals surface area contributed by atoms with E-state index in [1.807, 2.05) is 79.9 Å². The van der Waals surface area contributed by atoms with Crippen molar-refractivity contribution in [2.45, 2.75) is 18.4 Å². The van der Waals surface area contributed by atoms with Crippen LogP contribution in [0.2, 0.25) is 0 Å². The topological polar surface area (TPSA) is 65.8 Å². The van der Waals surface area contributed by atoms with E-state index in [1.165, 1.54) is 0 Å². The second kappa shape index (κ2) is 10.2. The van der Waals surface area contributed by atoms with E-state index in [0.717, 1.165) is 38.4 Å². The van der Waals surface area contributed by atoms with E-state index >= 15 is 0 Å². The van der Waals surface area contributed by atoms with Gasteiger partial charge in [-0.2, -0.15) is 5.26 Å². The third kappa shape index (κ3) is 5.31. The van der Waals surface area contributed by atoms with Crippen LogP contribution in [-0.4, -0.2) is 17.1 Å². The van der Waals surface area contributed by atoms with Crippen LogP contribution in [-0.2, 0) is 6.54 Å². The normalized spacial score (nSPS) is 10.5. The Hall–Kier alpha value is -3.88. The van der Waals surface area contributed by atoms with Crippen LogP contribution >= 0.6 is 11.8 Å². The minimum atomic E-state index is -0.114. The smallest absolute Gasteiger partial charge is 0.251 e. The summed E-state index contributed by atoms with van der Waals surface area (Å²) in [5.74, 6) is -0.114. The van der Waals surface area contributed by atoms with E-state index in [1.54, 1.807) is 24.0 Å². The molecule has 0 unspecified atom stereocenters. The largest absolute Gasteiger partial charge is 0.346 e. The van der Waals surface area contributed by atoms with Crippen molar-refractivity contribution in [2.24, 2.45) is 0 Å². The first-order chi connectivity index (χ1) is 16.1. The van der Waals surface area contributed by atoms with E-state index in [9.17, 15) is 10.1 Å². The molecule has 162 valence electrons. The SMILES string of the molecule is CSc1cc(C(=O)NCc2cc(-c3cccc(-c4cccc(C#N)c4)c3)ccn2)ccc1C. The summed E-state index contributed by atoms with van der Waals surface area (Å²) in [4.78, 5) is 18.2. The minimum absolute atomic E-state index is 0.114. The Morgan fingerprint density at radius 3 is 2.36 bits per heavy atom. The molecular weight excluding hydrogens is 426 g/mol. The third-order valence-corrected chi connectivity index (χ3v) is 6.32. The quantitative estimate of drug-likeness (QED) is 0.354. The van der Waals surface area contributed by atoms with Gasteiger partial charge in [0, 0.05) is 16.7 Å². The predicted molar refractivity (Wildman–Crippen MR) is 134 cm³/mol. The lowest BCUT2D eigenvalue weighted by Gasteiger charge is -2.10. The number of nitrogens with one attached hydrogen (secondary N) is 1. The average molecular weight is 450 g/mol. The van der Waals surface area contributed by atoms with Crippen LogP contribution in [0.1, 0.15) is 27.2 Å². The van der Waals surface area contributed by atoms with Crippen LogP contribution in [0.25, 0.3) is 22.3 Å². The second-order valence-corrected chi connectivity index (χ2v) is 8.52. The number of carbonyl (C=O) groups is 1. The number of aromatic nitrogens is 1. The molecule has 0 radical (unpaired) electrons. The summed E-state index contributed by atoms with van der Waals surface area (Å²) in [7, 11) is 0. The number of rotatable bonds is 6. The maximum Gasteiger partial charge on any atom is 0.251 e. The molecule has 0 fully saturated rings. The number of aryl methyl sites for hydroxylation is 1. The van der Waals surface area contributed by atoms with Crippen LogP contribution in [0.3, 0.4) is 0 Å². The molecule has 4 rings (SSSR count). The molecule has 0 bridgehead atoms. The number of nitrogens with zero attached hydrogens (tertiary/aromatic N) is 2. The number of nitriles is 1. The van der Waals surface area contributed by atoms with Gasteiger partial charge in [-0.15, -0.1) is 11.8 Å². The lowest BCUT2D eigenvalue weighted by Crippen LogP contribution is -2.23. The lowest BCUT2D eigenvalue weighted by atomic mass is 9.98. The zero-order chi connectivity index (χ0) is 23.2. The highest BCUT2D eigenvalue weighted by atomic mass is 32.2. The lowest BCUT2D eigenvalue weighted by molar-refractivity contribution is 0.0950. The van der Waals surface area contributed by atoms with E-state index in [-0.39, 0.29) is 5.91 Å². The summed E-state index contributed by atoms with van der Waals surface area (Å²) in [6, 6.07) is 27.7. The Kier molecular flexibility index (Phi) is 6.87. The molecule has 1 aromatic heterocycles. The molecule has 1 N–H and O–H groups in total. The van der Waals surface area contributed by atoms with Crippen molar-refractivity contribution in [2.75, 3.05) is 6.26 Å². The molecule has 0 saturated heterocycles. The summed E-state index contributed by atoms with van der Waals surface area (Å²) in [6.07, 6.45) is 3.77. The highest BCUT2D eigenvalue weighted by molar-refractivity contribution is 7.98.